The summed E-state index contributed by atoms with van der Waals surface area (Å²) in [5.41, 5.74) is 1.51. The van der Waals surface area contributed by atoms with Crippen LogP contribution in [0, 0.1) is 11.6 Å². The zero-order chi connectivity index (χ0) is 49.8. The minimum atomic E-state index is -1.13. The maximum Gasteiger partial charge on any atom is 0.513 e. The third-order valence-electron chi connectivity index (χ3n) is 9.68. The molecule has 0 spiro atoms. The topological polar surface area (TPSA) is 213 Å². The summed E-state index contributed by atoms with van der Waals surface area (Å²) in [4.78, 5) is 72.3. The predicted octanol–water partition coefficient (Wildman–Crippen LogP) is 7.27. The second-order valence-electron chi connectivity index (χ2n) is 14.7. The van der Waals surface area contributed by atoms with Crippen molar-refractivity contribution in [3.8, 4) is 34.1 Å². The summed E-state index contributed by atoms with van der Waals surface area (Å²) < 4.78 is 91.6. The first-order valence-corrected chi connectivity index (χ1v) is 21.1. The summed E-state index contributed by atoms with van der Waals surface area (Å²) in [7, 11) is 0. The van der Waals surface area contributed by atoms with Gasteiger partial charge in [-0.2, -0.15) is 0 Å². The quantitative estimate of drug-likeness (QED) is 0.0151. The number of hydrogen-bond acceptors (Lipinski definition) is 18. The van der Waals surface area contributed by atoms with Crippen LogP contribution in [0.1, 0.15) is 45.7 Å². The Bertz CT molecular complexity index is 2330. The molecule has 0 amide bonds. The van der Waals surface area contributed by atoms with Gasteiger partial charge >= 0.3 is 36.2 Å². The average molecular weight is 963 g/mol. The number of benzene rings is 4. The van der Waals surface area contributed by atoms with E-state index in [4.69, 9.17) is 56.8 Å². The van der Waals surface area contributed by atoms with Gasteiger partial charge in [0.15, 0.2) is 0 Å². The van der Waals surface area contributed by atoms with Crippen molar-refractivity contribution in [1.82, 2.24) is 0 Å². The van der Waals surface area contributed by atoms with Gasteiger partial charge in [-0.3, -0.25) is 0 Å². The van der Waals surface area contributed by atoms with Crippen LogP contribution in [0.4, 0.5) is 18.4 Å². The Labute approximate surface area is 394 Å². The second kappa shape index (κ2) is 26.1. The summed E-state index contributed by atoms with van der Waals surface area (Å²) in [5.74, 6) is -5.40. The van der Waals surface area contributed by atoms with E-state index in [1.54, 1.807) is 36.4 Å². The standard InChI is InChI=1S/C49H48F2O18/c1-5-43(52)62-23-19-58-15-17-60-21-25-64-47(56)68-33-9-13-37(41(50)29-33)45(54)66-31-7-11-35-36-12-8-32(28-40(36)49(3,4)39(35)27-31)67-46(55)38-14-10-34(30-42(38)51)69-48(57)65-26-22-61-18-16-59-20-24-63-44(53)6-2/h5-14,27-30H,1-2,15-26H2,3-4H3. The van der Waals surface area contributed by atoms with Crippen LogP contribution in [0.5, 0.6) is 23.0 Å². The molecule has 0 aliphatic heterocycles. The molecule has 0 bridgehead atoms. The van der Waals surface area contributed by atoms with Gasteiger partial charge in [0.05, 0.1) is 64.0 Å². The Hall–Kier alpha value is -7.52. The fourth-order valence-electron chi connectivity index (χ4n) is 6.38. The van der Waals surface area contributed by atoms with Crippen molar-refractivity contribution in [2.24, 2.45) is 0 Å². The SMILES string of the molecule is C=CC(=O)OCCOCCOCCOC(=O)Oc1ccc(C(=O)Oc2ccc3c(c2)C(C)(C)c2cc(OC(=O)c4ccc(OC(=O)OCCOCCOCCOC(=O)C=C)cc4F)ccc2-3)c(F)c1. The number of carbonyl (C=O) groups is 6. The van der Waals surface area contributed by atoms with Gasteiger partial charge in [-0.05, 0) is 70.8 Å². The van der Waals surface area contributed by atoms with Gasteiger partial charge in [-0.25, -0.2) is 37.5 Å². The summed E-state index contributed by atoms with van der Waals surface area (Å²) in [6, 6.07) is 16.1. The zero-order valence-electron chi connectivity index (χ0n) is 37.6. The first-order valence-electron chi connectivity index (χ1n) is 21.1. The molecule has 4 aromatic rings. The fourth-order valence-corrected chi connectivity index (χ4v) is 6.38. The molecule has 5 rings (SSSR count). The van der Waals surface area contributed by atoms with E-state index in [0.29, 0.717) is 0 Å². The highest BCUT2D eigenvalue weighted by Gasteiger charge is 2.36. The van der Waals surface area contributed by atoms with Crippen molar-refractivity contribution in [3.63, 3.8) is 0 Å². The molecule has 0 heterocycles. The van der Waals surface area contributed by atoms with Crippen molar-refractivity contribution in [2.75, 3.05) is 79.3 Å². The normalized spacial score (nSPS) is 11.8. The van der Waals surface area contributed by atoms with E-state index in [2.05, 4.69) is 13.2 Å². The Kier molecular flexibility index (Phi) is 19.9. The molecule has 0 aromatic heterocycles. The number of carbonyl (C=O) groups excluding carboxylic acids is 6. The lowest BCUT2D eigenvalue weighted by Crippen LogP contribution is -2.17. The smallest absolute Gasteiger partial charge is 0.460 e. The number of hydrogen-bond donors (Lipinski definition) is 0. The molecule has 0 radical (unpaired) electrons. The molecule has 20 heteroatoms. The van der Waals surface area contributed by atoms with Gasteiger partial charge < -0.3 is 56.8 Å². The molecule has 0 fully saturated rings. The Morgan fingerprint density at radius 1 is 0.449 bits per heavy atom. The molecule has 0 atom stereocenters. The summed E-state index contributed by atoms with van der Waals surface area (Å²) in [5, 5.41) is 0. The molecule has 366 valence electrons. The first kappa shape index (κ1) is 52.4. The number of halogens is 2. The molecule has 1 aliphatic rings. The van der Waals surface area contributed by atoms with Gasteiger partial charge in [0.1, 0.15) is 61.1 Å². The highest BCUT2D eigenvalue weighted by Crippen LogP contribution is 2.50. The van der Waals surface area contributed by atoms with Gasteiger partial charge in [0.25, 0.3) is 0 Å². The van der Waals surface area contributed by atoms with Crippen LogP contribution >= 0.6 is 0 Å². The van der Waals surface area contributed by atoms with Crippen LogP contribution in [-0.4, -0.2) is 115 Å². The van der Waals surface area contributed by atoms with Crippen molar-refractivity contribution in [1.29, 1.82) is 0 Å². The highest BCUT2D eigenvalue weighted by atomic mass is 19.1. The van der Waals surface area contributed by atoms with Crippen LogP contribution in [-0.2, 0) is 52.9 Å². The monoisotopic (exact) mass is 962 g/mol. The molecular formula is C49H48F2O18. The van der Waals surface area contributed by atoms with E-state index in [0.717, 1.165) is 58.7 Å². The van der Waals surface area contributed by atoms with E-state index in [1.165, 1.54) is 12.1 Å². The molecule has 4 aromatic carbocycles. The Balaban J connectivity index is 1.05. The van der Waals surface area contributed by atoms with Gasteiger partial charge in [-0.15, -0.1) is 0 Å². The van der Waals surface area contributed by atoms with Crippen LogP contribution in [0.25, 0.3) is 11.1 Å². The molecule has 69 heavy (non-hydrogen) atoms. The largest absolute Gasteiger partial charge is 0.513 e. The van der Waals surface area contributed by atoms with Gasteiger partial charge in [0, 0.05) is 29.7 Å². The van der Waals surface area contributed by atoms with Gasteiger partial charge in [-0.1, -0.05) is 39.1 Å². The van der Waals surface area contributed by atoms with E-state index in [-0.39, 0.29) is 102 Å². The van der Waals surface area contributed by atoms with Crippen LogP contribution in [0.15, 0.2) is 98.1 Å². The fraction of sp³-hybridized carbons (Fsp3) is 0.306. The first-order chi connectivity index (χ1) is 33.2. The maximum atomic E-state index is 15.1. The van der Waals surface area contributed by atoms with E-state index < -0.39 is 64.4 Å². The predicted molar refractivity (Wildman–Crippen MR) is 236 cm³/mol. The van der Waals surface area contributed by atoms with Crippen molar-refractivity contribution in [2.45, 2.75) is 19.3 Å². The van der Waals surface area contributed by atoms with Crippen LogP contribution < -0.4 is 18.9 Å². The maximum absolute atomic E-state index is 15.1. The molecule has 0 N–H and O–H groups in total. The summed E-state index contributed by atoms with van der Waals surface area (Å²) in [6.07, 6.45) is -0.172. The van der Waals surface area contributed by atoms with Crippen molar-refractivity contribution < 1.29 is 94.4 Å². The van der Waals surface area contributed by atoms with Crippen LogP contribution in [0.2, 0.25) is 0 Å². The second-order valence-corrected chi connectivity index (χ2v) is 14.7. The highest BCUT2D eigenvalue weighted by molar-refractivity contribution is 5.93. The zero-order valence-corrected chi connectivity index (χ0v) is 37.6. The lowest BCUT2D eigenvalue weighted by Gasteiger charge is -2.22. The molecule has 0 unspecified atom stereocenters. The van der Waals surface area contributed by atoms with Crippen LogP contribution in [0.3, 0.4) is 0 Å². The minimum Gasteiger partial charge on any atom is -0.460 e. The van der Waals surface area contributed by atoms with E-state index in [9.17, 15) is 28.8 Å². The average Bonchev–Trinajstić information content (AvgIpc) is 3.54. The number of esters is 4. The molecule has 1 aliphatic carbocycles. The third-order valence-corrected chi connectivity index (χ3v) is 9.68. The number of ether oxygens (including phenoxy) is 12. The third kappa shape index (κ3) is 15.8. The molecular weight excluding hydrogens is 915 g/mol. The summed E-state index contributed by atoms with van der Waals surface area (Å²) in [6.45, 7) is 11.3. The van der Waals surface area contributed by atoms with Gasteiger partial charge in [0.2, 0.25) is 0 Å². The van der Waals surface area contributed by atoms with Crippen molar-refractivity contribution in [3.05, 3.63) is 132 Å². The lowest BCUT2D eigenvalue weighted by molar-refractivity contribution is -0.140. The van der Waals surface area contributed by atoms with E-state index >= 15 is 8.78 Å². The summed E-state index contributed by atoms with van der Waals surface area (Å²) >= 11 is 0. The van der Waals surface area contributed by atoms with Crippen molar-refractivity contribution >= 4 is 36.2 Å². The molecule has 0 saturated carbocycles. The molecule has 0 saturated heterocycles. The Morgan fingerprint density at radius 3 is 1.12 bits per heavy atom. The number of fused-ring (bicyclic) bond motifs is 3. The minimum absolute atomic E-state index is 0.0202. The lowest BCUT2D eigenvalue weighted by atomic mass is 9.82. The van der Waals surface area contributed by atoms with E-state index in [1.807, 2.05) is 13.8 Å². The number of rotatable bonds is 26. The molecule has 18 nitrogen and oxygen atoms in total. The Morgan fingerprint density at radius 2 is 0.768 bits per heavy atom.